The standard InChI is InChI=1S/C17H17ClN2O2S.C2H6/c1-19-16(22)14-11-7-3-5-9-13(11)23-17(14)20-15(21)10-6-2-4-8-12(10)18;1-2/h2,4,6,8H,3,5,7,9H2,1H3,(H,19,22)(H,20,21);1-2H3. The van der Waals surface area contributed by atoms with Crippen molar-refractivity contribution in [1.29, 1.82) is 0 Å². The van der Waals surface area contributed by atoms with Gasteiger partial charge in [0, 0.05) is 11.9 Å². The zero-order valence-corrected chi connectivity index (χ0v) is 16.3. The lowest BCUT2D eigenvalue weighted by atomic mass is 9.95. The molecule has 2 N–H and O–H groups in total. The number of carbonyl (C=O) groups excluding carboxylic acids is 2. The lowest BCUT2D eigenvalue weighted by molar-refractivity contribution is 0.0963. The number of anilines is 1. The Kier molecular flexibility index (Phi) is 7.02. The highest BCUT2D eigenvalue weighted by Gasteiger charge is 2.26. The van der Waals surface area contributed by atoms with Gasteiger partial charge in [-0.25, -0.2) is 0 Å². The molecule has 2 amide bonds. The summed E-state index contributed by atoms with van der Waals surface area (Å²) in [6.45, 7) is 4.00. The molecule has 3 rings (SSSR count). The van der Waals surface area contributed by atoms with Crippen molar-refractivity contribution >= 4 is 39.8 Å². The van der Waals surface area contributed by atoms with Crippen LogP contribution >= 0.6 is 22.9 Å². The predicted octanol–water partition coefficient (Wildman–Crippen LogP) is 4.92. The van der Waals surface area contributed by atoms with Crippen LogP contribution in [-0.4, -0.2) is 18.9 Å². The minimum atomic E-state index is -0.292. The topological polar surface area (TPSA) is 58.2 Å². The van der Waals surface area contributed by atoms with Crippen LogP contribution in [0.1, 0.15) is 57.8 Å². The van der Waals surface area contributed by atoms with Crippen molar-refractivity contribution in [1.82, 2.24) is 5.32 Å². The number of carbonyl (C=O) groups is 2. The highest BCUT2D eigenvalue weighted by Crippen LogP contribution is 2.38. The second-order valence-corrected chi connectivity index (χ2v) is 6.94. The summed E-state index contributed by atoms with van der Waals surface area (Å²) < 4.78 is 0. The van der Waals surface area contributed by atoms with E-state index < -0.39 is 0 Å². The summed E-state index contributed by atoms with van der Waals surface area (Å²) in [6.07, 6.45) is 4.05. The lowest BCUT2D eigenvalue weighted by Gasteiger charge is -2.12. The van der Waals surface area contributed by atoms with Gasteiger partial charge < -0.3 is 10.6 Å². The molecular weight excluding hydrogens is 356 g/mol. The lowest BCUT2D eigenvalue weighted by Crippen LogP contribution is -2.22. The van der Waals surface area contributed by atoms with Gasteiger partial charge in [-0.1, -0.05) is 37.6 Å². The molecule has 0 bridgehead atoms. The molecule has 0 fully saturated rings. The normalized spacial score (nSPS) is 12.5. The van der Waals surface area contributed by atoms with Gasteiger partial charge in [-0.3, -0.25) is 9.59 Å². The van der Waals surface area contributed by atoms with Crippen LogP contribution in [0, 0.1) is 0 Å². The van der Waals surface area contributed by atoms with Crippen molar-refractivity contribution in [3.63, 3.8) is 0 Å². The first-order valence-corrected chi connectivity index (χ1v) is 9.73. The Labute approximate surface area is 157 Å². The summed E-state index contributed by atoms with van der Waals surface area (Å²) in [7, 11) is 1.61. The average Bonchev–Trinajstić information content (AvgIpc) is 3.00. The molecule has 0 radical (unpaired) electrons. The Bertz CT molecular complexity index is 771. The van der Waals surface area contributed by atoms with Crippen molar-refractivity contribution in [3.05, 3.63) is 50.9 Å². The van der Waals surface area contributed by atoms with Crippen LogP contribution < -0.4 is 10.6 Å². The Hall–Kier alpha value is -1.85. The number of rotatable bonds is 3. The van der Waals surface area contributed by atoms with Gasteiger partial charge in [-0.2, -0.15) is 0 Å². The van der Waals surface area contributed by atoms with Gasteiger partial charge in [0.15, 0.2) is 0 Å². The highest BCUT2D eigenvalue weighted by atomic mass is 35.5. The maximum atomic E-state index is 12.5. The molecule has 4 nitrogen and oxygen atoms in total. The van der Waals surface area contributed by atoms with Gasteiger partial charge in [0.05, 0.1) is 16.1 Å². The van der Waals surface area contributed by atoms with E-state index in [0.29, 0.717) is 21.2 Å². The summed E-state index contributed by atoms with van der Waals surface area (Å²) in [6, 6.07) is 6.89. The van der Waals surface area contributed by atoms with Crippen molar-refractivity contribution in [2.75, 3.05) is 12.4 Å². The minimum Gasteiger partial charge on any atom is -0.355 e. The third-order valence-electron chi connectivity index (χ3n) is 3.97. The summed E-state index contributed by atoms with van der Waals surface area (Å²) >= 11 is 7.58. The third kappa shape index (κ3) is 4.22. The minimum absolute atomic E-state index is 0.154. The molecule has 0 spiro atoms. The molecule has 0 saturated carbocycles. The fourth-order valence-electron chi connectivity index (χ4n) is 2.83. The predicted molar refractivity (Wildman–Crippen MR) is 105 cm³/mol. The van der Waals surface area contributed by atoms with Crippen LogP contribution in [0.15, 0.2) is 24.3 Å². The summed E-state index contributed by atoms with van der Waals surface area (Å²) in [5, 5.41) is 6.56. The van der Waals surface area contributed by atoms with E-state index >= 15 is 0 Å². The molecule has 0 aliphatic heterocycles. The van der Waals surface area contributed by atoms with E-state index in [1.165, 1.54) is 16.2 Å². The molecule has 0 unspecified atom stereocenters. The molecule has 134 valence electrons. The van der Waals surface area contributed by atoms with E-state index in [9.17, 15) is 9.59 Å². The molecule has 6 heteroatoms. The Balaban J connectivity index is 0.00000109. The van der Waals surface area contributed by atoms with E-state index in [0.717, 1.165) is 31.2 Å². The van der Waals surface area contributed by atoms with Gasteiger partial charge in [-0.15, -0.1) is 11.3 Å². The largest absolute Gasteiger partial charge is 0.355 e. The monoisotopic (exact) mass is 378 g/mol. The molecule has 1 aromatic carbocycles. The summed E-state index contributed by atoms with van der Waals surface area (Å²) in [5.41, 5.74) is 2.09. The Morgan fingerprint density at radius 3 is 2.44 bits per heavy atom. The van der Waals surface area contributed by atoms with E-state index in [1.807, 2.05) is 13.8 Å². The number of hydrogen-bond donors (Lipinski definition) is 2. The van der Waals surface area contributed by atoms with Crippen molar-refractivity contribution in [3.8, 4) is 0 Å². The quantitative estimate of drug-likeness (QED) is 0.796. The maximum Gasteiger partial charge on any atom is 0.257 e. The molecule has 0 saturated heterocycles. The molecule has 1 aliphatic carbocycles. The molecule has 1 aromatic heterocycles. The van der Waals surface area contributed by atoms with Crippen LogP contribution in [0.5, 0.6) is 0 Å². The van der Waals surface area contributed by atoms with Crippen molar-refractivity contribution in [2.24, 2.45) is 0 Å². The van der Waals surface area contributed by atoms with Gasteiger partial charge in [-0.05, 0) is 43.4 Å². The zero-order valence-electron chi connectivity index (χ0n) is 14.7. The second-order valence-electron chi connectivity index (χ2n) is 5.43. The number of thiophene rings is 1. The fraction of sp³-hybridized carbons (Fsp3) is 0.368. The summed E-state index contributed by atoms with van der Waals surface area (Å²) in [5.74, 6) is -0.446. The number of aryl methyl sites for hydroxylation is 1. The van der Waals surface area contributed by atoms with Crippen LogP contribution in [-0.2, 0) is 12.8 Å². The number of amides is 2. The molecule has 0 atom stereocenters. The van der Waals surface area contributed by atoms with Crippen molar-refractivity contribution in [2.45, 2.75) is 39.5 Å². The first kappa shape index (κ1) is 19.5. The number of halogens is 1. The molecule has 1 aliphatic rings. The third-order valence-corrected chi connectivity index (χ3v) is 5.51. The molecule has 25 heavy (non-hydrogen) atoms. The smallest absolute Gasteiger partial charge is 0.257 e. The SMILES string of the molecule is CC.CNC(=O)c1c(NC(=O)c2ccccc2Cl)sc2c1CCCC2. The zero-order chi connectivity index (χ0) is 18.4. The number of benzene rings is 1. The fourth-order valence-corrected chi connectivity index (χ4v) is 4.34. The van der Waals surface area contributed by atoms with E-state index in [4.69, 9.17) is 11.6 Å². The van der Waals surface area contributed by atoms with Gasteiger partial charge in [0.25, 0.3) is 11.8 Å². The Morgan fingerprint density at radius 2 is 1.76 bits per heavy atom. The number of hydrogen-bond acceptors (Lipinski definition) is 3. The highest BCUT2D eigenvalue weighted by molar-refractivity contribution is 7.17. The van der Waals surface area contributed by atoms with Gasteiger partial charge in [0.2, 0.25) is 0 Å². The van der Waals surface area contributed by atoms with Crippen LogP contribution in [0.4, 0.5) is 5.00 Å². The molecule has 2 aromatic rings. The molecule has 1 heterocycles. The van der Waals surface area contributed by atoms with Gasteiger partial charge >= 0.3 is 0 Å². The van der Waals surface area contributed by atoms with E-state index in [1.54, 1.807) is 31.3 Å². The maximum absolute atomic E-state index is 12.5. The number of nitrogens with one attached hydrogen (secondary N) is 2. The first-order chi connectivity index (χ1) is 12.1. The second kappa shape index (κ2) is 9.02. The Morgan fingerprint density at radius 1 is 1.08 bits per heavy atom. The first-order valence-electron chi connectivity index (χ1n) is 8.54. The van der Waals surface area contributed by atoms with Crippen molar-refractivity contribution < 1.29 is 9.59 Å². The van der Waals surface area contributed by atoms with Gasteiger partial charge in [0.1, 0.15) is 5.00 Å². The summed E-state index contributed by atoms with van der Waals surface area (Å²) in [4.78, 5) is 26.0. The van der Waals surface area contributed by atoms with Crippen LogP contribution in [0.2, 0.25) is 5.02 Å². The van der Waals surface area contributed by atoms with Crippen LogP contribution in [0.3, 0.4) is 0 Å². The van der Waals surface area contributed by atoms with E-state index in [2.05, 4.69) is 10.6 Å². The van der Waals surface area contributed by atoms with E-state index in [-0.39, 0.29) is 11.8 Å². The number of fused-ring (bicyclic) bond motifs is 1. The van der Waals surface area contributed by atoms with Crippen LogP contribution in [0.25, 0.3) is 0 Å². The average molecular weight is 379 g/mol. The molecular formula is C19H23ClN2O2S.